The summed E-state index contributed by atoms with van der Waals surface area (Å²) in [6, 6.07) is 9.67. The number of hydrogen-bond donors (Lipinski definition) is 3. The lowest BCUT2D eigenvalue weighted by Gasteiger charge is -2.34. The number of nitrogen functional groups attached to an aromatic ring is 1. The number of nitrogens with zero attached hydrogens (tertiary/aromatic N) is 6. The van der Waals surface area contributed by atoms with Crippen LogP contribution in [0.1, 0.15) is 88.3 Å². The zero-order valence-corrected chi connectivity index (χ0v) is 32.4. The number of hydrogen-bond acceptors (Lipinski definition) is 8. The normalized spacial score (nSPS) is 19.3. The summed E-state index contributed by atoms with van der Waals surface area (Å²) in [4.78, 5) is 29.3. The van der Waals surface area contributed by atoms with Crippen LogP contribution in [0.25, 0.3) is 11.1 Å². The van der Waals surface area contributed by atoms with Crippen LogP contribution in [0.4, 0.5) is 19.0 Å². The van der Waals surface area contributed by atoms with Crippen molar-refractivity contribution in [3.63, 3.8) is 0 Å². The molecule has 296 valence electrons. The first-order valence-electron chi connectivity index (χ1n) is 19.3. The lowest BCUT2D eigenvalue weighted by Crippen LogP contribution is -2.49. The molecule has 6 rings (SSSR count). The molecule has 3 unspecified atom stereocenters. The summed E-state index contributed by atoms with van der Waals surface area (Å²) >= 11 is 0. The fourth-order valence-corrected chi connectivity index (χ4v) is 7.07. The van der Waals surface area contributed by atoms with Gasteiger partial charge in [0.15, 0.2) is 0 Å². The monoisotopic (exact) mass is 767 g/mol. The molecule has 2 aliphatic carbocycles. The standard InChI is InChI=1S/C43H52F3N9O/c1-6-7-12-36(55-18-9-17-49-29(55)3)20-39(28(2)53-42(4,5)27-54-26-35(25-51-54)43(44,45)46)52-41(56)38-21-37(38)32-15-13-31(14-16-32)33-19-34(40(47)50-24-33)23-48-22-30-10-8-11-30/h9,12-19,23-26,30,37-39,53H,2-3,6-8,10-11,20-22,27H2,1,4-5H3,(H2,47,50)(H,52,56)/b36-12-,48-23?. The molecule has 0 saturated heterocycles. The lowest BCUT2D eigenvalue weighted by atomic mass is 9.86. The van der Waals surface area contributed by atoms with Crippen molar-refractivity contribution in [2.24, 2.45) is 21.8 Å². The molecule has 2 saturated carbocycles. The van der Waals surface area contributed by atoms with Gasteiger partial charge in [-0.3, -0.25) is 14.5 Å². The van der Waals surface area contributed by atoms with Gasteiger partial charge in [-0.2, -0.15) is 18.3 Å². The predicted octanol–water partition coefficient (Wildman–Crippen LogP) is 8.38. The molecule has 3 atom stereocenters. The summed E-state index contributed by atoms with van der Waals surface area (Å²) in [7, 11) is 0. The SMILES string of the molecule is C=C(NC(C)(C)Cn1cc(C(F)(F)F)cn1)C(C/C(=C/CCC)N1C=CC=NC1=C)NC(=O)C1CC1c1ccc(-c2cnc(N)c(C=NCC3CCC3)c2)cc1. The molecule has 0 spiro atoms. The van der Waals surface area contributed by atoms with E-state index >= 15 is 0 Å². The zero-order chi connectivity index (χ0) is 40.0. The van der Waals surface area contributed by atoms with E-state index < -0.39 is 23.3 Å². The number of aliphatic imine (C=N–C) groups is 2. The highest BCUT2D eigenvalue weighted by atomic mass is 19.4. The zero-order valence-electron chi connectivity index (χ0n) is 32.4. The quantitative estimate of drug-likeness (QED) is 0.119. The Morgan fingerprint density at radius 1 is 1.16 bits per heavy atom. The van der Waals surface area contributed by atoms with Gasteiger partial charge in [0.05, 0.1) is 29.9 Å². The van der Waals surface area contributed by atoms with E-state index in [-0.39, 0.29) is 24.3 Å². The Labute approximate surface area is 327 Å². The molecule has 2 aromatic heterocycles. The first kappa shape index (κ1) is 40.2. The van der Waals surface area contributed by atoms with Crippen molar-refractivity contribution >= 4 is 24.2 Å². The van der Waals surface area contributed by atoms with Crippen molar-refractivity contribution in [1.82, 2.24) is 30.3 Å². The highest BCUT2D eigenvalue weighted by molar-refractivity contribution is 5.88. The number of benzene rings is 1. The summed E-state index contributed by atoms with van der Waals surface area (Å²) < 4.78 is 41.1. The van der Waals surface area contributed by atoms with E-state index in [9.17, 15) is 18.0 Å². The molecule has 3 aliphatic rings. The van der Waals surface area contributed by atoms with Crippen molar-refractivity contribution in [2.75, 3.05) is 12.3 Å². The van der Waals surface area contributed by atoms with Gasteiger partial charge in [0.2, 0.25) is 5.91 Å². The minimum atomic E-state index is -4.49. The molecule has 1 aromatic carbocycles. The molecule has 1 amide bonds. The van der Waals surface area contributed by atoms with E-state index in [2.05, 4.69) is 69.0 Å². The minimum Gasteiger partial charge on any atom is -0.383 e. The number of nitrogens with one attached hydrogen (secondary N) is 2. The van der Waals surface area contributed by atoms with Crippen molar-refractivity contribution in [2.45, 2.75) is 95.9 Å². The van der Waals surface area contributed by atoms with E-state index in [1.807, 2.05) is 55.4 Å². The molecule has 3 heterocycles. The third kappa shape index (κ3) is 10.2. The number of pyridine rings is 1. The maximum Gasteiger partial charge on any atom is 0.419 e. The number of anilines is 1. The number of rotatable bonds is 17. The summed E-state index contributed by atoms with van der Waals surface area (Å²) in [5.74, 6) is 1.39. The van der Waals surface area contributed by atoms with E-state index in [1.54, 1.807) is 12.4 Å². The number of alkyl halides is 3. The Kier molecular flexibility index (Phi) is 12.3. The van der Waals surface area contributed by atoms with Crippen molar-refractivity contribution < 1.29 is 18.0 Å². The number of aromatic nitrogens is 3. The third-order valence-corrected chi connectivity index (χ3v) is 10.5. The smallest absolute Gasteiger partial charge is 0.383 e. The summed E-state index contributed by atoms with van der Waals surface area (Å²) in [5.41, 5.74) is 9.81. The van der Waals surface area contributed by atoms with Crippen LogP contribution in [0.2, 0.25) is 0 Å². The molecule has 56 heavy (non-hydrogen) atoms. The van der Waals surface area contributed by atoms with Crippen molar-refractivity contribution in [3.8, 4) is 11.1 Å². The largest absolute Gasteiger partial charge is 0.419 e. The molecule has 4 N–H and O–H groups in total. The van der Waals surface area contributed by atoms with E-state index in [0.717, 1.165) is 59.7 Å². The molecule has 2 fully saturated rings. The number of unbranched alkanes of at least 4 members (excludes halogenated alkanes) is 1. The fraction of sp³-hybridized carbons (Fsp3) is 0.419. The second kappa shape index (κ2) is 17.1. The van der Waals surface area contributed by atoms with Gasteiger partial charge in [0, 0.05) is 72.4 Å². The van der Waals surface area contributed by atoms with E-state index in [0.29, 0.717) is 36.1 Å². The second-order valence-corrected chi connectivity index (χ2v) is 15.7. The summed E-state index contributed by atoms with van der Waals surface area (Å²) in [6.45, 7) is 15.2. The van der Waals surface area contributed by atoms with Gasteiger partial charge in [-0.25, -0.2) is 9.98 Å². The van der Waals surface area contributed by atoms with Gasteiger partial charge in [-0.1, -0.05) is 63.3 Å². The molecule has 3 aromatic rings. The van der Waals surface area contributed by atoms with Gasteiger partial charge < -0.3 is 21.3 Å². The number of allylic oxidation sites excluding steroid dienone is 2. The molecule has 1 aliphatic heterocycles. The minimum absolute atomic E-state index is 0.0537. The average Bonchev–Trinajstić information content (AvgIpc) is 3.80. The van der Waals surface area contributed by atoms with Crippen LogP contribution in [-0.4, -0.2) is 56.1 Å². The second-order valence-electron chi connectivity index (χ2n) is 15.7. The van der Waals surface area contributed by atoms with Crippen molar-refractivity contribution in [3.05, 3.63) is 114 Å². The first-order chi connectivity index (χ1) is 26.7. The van der Waals surface area contributed by atoms with Crippen molar-refractivity contribution in [1.29, 1.82) is 0 Å². The van der Waals surface area contributed by atoms with Crippen LogP contribution >= 0.6 is 0 Å². The van der Waals surface area contributed by atoms with E-state index in [4.69, 9.17) is 5.73 Å². The number of carbonyl (C=O) groups excluding carboxylic acids is 1. The Morgan fingerprint density at radius 3 is 2.59 bits per heavy atom. The topological polar surface area (TPSA) is 126 Å². The maximum absolute atomic E-state index is 14.0. The van der Waals surface area contributed by atoms with Gasteiger partial charge in [0.25, 0.3) is 0 Å². The van der Waals surface area contributed by atoms with Gasteiger partial charge >= 0.3 is 6.18 Å². The Morgan fingerprint density at radius 2 is 1.93 bits per heavy atom. The van der Waals surface area contributed by atoms with Crippen LogP contribution in [-0.2, 0) is 17.5 Å². The maximum atomic E-state index is 14.0. The van der Waals surface area contributed by atoms with Crippen LogP contribution in [0, 0.1) is 11.8 Å². The molecule has 0 radical (unpaired) electrons. The molecular weight excluding hydrogens is 716 g/mol. The Balaban J connectivity index is 1.15. The number of halogens is 3. The average molecular weight is 768 g/mol. The lowest BCUT2D eigenvalue weighted by molar-refractivity contribution is -0.137. The Hall–Kier alpha value is -5.46. The Bertz CT molecular complexity index is 2020. The molecular formula is C43H52F3N9O. The number of amides is 1. The molecule has 10 nitrogen and oxygen atoms in total. The van der Waals surface area contributed by atoms with Crippen LogP contribution in [0.3, 0.4) is 0 Å². The number of carbonyl (C=O) groups is 1. The van der Waals surface area contributed by atoms with Gasteiger partial charge in [0.1, 0.15) is 11.6 Å². The highest BCUT2D eigenvalue weighted by Crippen LogP contribution is 2.48. The van der Waals surface area contributed by atoms with E-state index in [1.165, 1.54) is 23.9 Å². The summed E-state index contributed by atoms with van der Waals surface area (Å²) in [6.07, 6.45) is 15.0. The van der Waals surface area contributed by atoms with Gasteiger partial charge in [-0.15, -0.1) is 0 Å². The molecule has 0 bridgehead atoms. The summed E-state index contributed by atoms with van der Waals surface area (Å²) in [5, 5.41) is 10.6. The van der Waals surface area contributed by atoms with Crippen LogP contribution < -0.4 is 16.4 Å². The first-order valence-corrected chi connectivity index (χ1v) is 19.3. The predicted molar refractivity (Wildman–Crippen MR) is 216 cm³/mol. The van der Waals surface area contributed by atoms with Gasteiger partial charge in [-0.05, 0) is 74.6 Å². The highest BCUT2D eigenvalue weighted by Gasteiger charge is 2.45. The van der Waals surface area contributed by atoms with Crippen LogP contribution in [0.15, 0.2) is 108 Å². The fourth-order valence-electron chi connectivity index (χ4n) is 7.07. The van der Waals surface area contributed by atoms with Crippen LogP contribution in [0.5, 0.6) is 0 Å². The number of nitrogens with two attached hydrogens (primary N) is 1. The molecule has 13 heteroatoms. The third-order valence-electron chi connectivity index (χ3n) is 10.5.